The molecule has 1 amide bonds. The van der Waals surface area contributed by atoms with Crippen molar-refractivity contribution in [3.8, 4) is 5.69 Å². The lowest BCUT2D eigenvalue weighted by atomic mass is 10.1. The summed E-state index contributed by atoms with van der Waals surface area (Å²) in [5.74, 6) is 0.00302. The van der Waals surface area contributed by atoms with Crippen LogP contribution in [0, 0.1) is 6.92 Å². The number of carbonyl (C=O) groups excluding carboxylic acids is 1. The third-order valence-electron chi connectivity index (χ3n) is 3.75. The van der Waals surface area contributed by atoms with Gasteiger partial charge in [-0.05, 0) is 54.0 Å². The number of tetrazole rings is 1. The molecule has 1 aliphatic rings. The molecule has 1 aromatic carbocycles. The lowest BCUT2D eigenvalue weighted by Crippen LogP contribution is -2.32. The van der Waals surface area contributed by atoms with Crippen LogP contribution in [-0.4, -0.2) is 32.2 Å². The molecule has 0 spiro atoms. The first-order chi connectivity index (χ1) is 9.74. The van der Waals surface area contributed by atoms with Gasteiger partial charge in [-0.1, -0.05) is 12.8 Å². The fourth-order valence-corrected chi connectivity index (χ4v) is 2.66. The maximum absolute atomic E-state index is 12.2. The first kappa shape index (κ1) is 12.8. The number of aryl methyl sites for hydroxylation is 1. The highest BCUT2D eigenvalue weighted by molar-refractivity contribution is 5.94. The zero-order valence-electron chi connectivity index (χ0n) is 11.4. The fourth-order valence-electron chi connectivity index (χ4n) is 2.66. The number of hydrogen-bond acceptors (Lipinski definition) is 4. The van der Waals surface area contributed by atoms with E-state index in [0.717, 1.165) is 24.1 Å². The summed E-state index contributed by atoms with van der Waals surface area (Å²) in [5, 5.41) is 14.2. The van der Waals surface area contributed by atoms with Gasteiger partial charge in [-0.3, -0.25) is 4.79 Å². The first-order valence-electron chi connectivity index (χ1n) is 6.89. The Morgan fingerprint density at radius 1 is 1.35 bits per heavy atom. The average Bonchev–Trinajstić information content (AvgIpc) is 3.11. The number of hydrogen-bond donors (Lipinski definition) is 1. The summed E-state index contributed by atoms with van der Waals surface area (Å²) in [6.07, 6.45) is 6.14. The van der Waals surface area contributed by atoms with Gasteiger partial charge in [-0.15, -0.1) is 5.10 Å². The van der Waals surface area contributed by atoms with Crippen LogP contribution >= 0.6 is 0 Å². The van der Waals surface area contributed by atoms with Gasteiger partial charge in [0, 0.05) is 11.6 Å². The van der Waals surface area contributed by atoms with Crippen molar-refractivity contribution >= 4 is 5.91 Å². The lowest BCUT2D eigenvalue weighted by molar-refractivity contribution is 0.0938. The van der Waals surface area contributed by atoms with Crippen LogP contribution in [-0.2, 0) is 0 Å². The van der Waals surface area contributed by atoms with Crippen molar-refractivity contribution < 1.29 is 4.79 Å². The van der Waals surface area contributed by atoms with E-state index in [1.807, 2.05) is 25.1 Å². The molecule has 1 heterocycles. The topological polar surface area (TPSA) is 72.7 Å². The van der Waals surface area contributed by atoms with Crippen molar-refractivity contribution in [2.45, 2.75) is 38.6 Å². The Balaban J connectivity index is 1.77. The van der Waals surface area contributed by atoms with E-state index < -0.39 is 0 Å². The van der Waals surface area contributed by atoms with Crippen LogP contribution in [0.3, 0.4) is 0 Å². The highest BCUT2D eigenvalue weighted by Gasteiger charge is 2.18. The molecule has 0 atom stereocenters. The lowest BCUT2D eigenvalue weighted by Gasteiger charge is -2.13. The molecule has 0 saturated heterocycles. The van der Waals surface area contributed by atoms with E-state index >= 15 is 0 Å². The molecule has 1 aromatic heterocycles. The van der Waals surface area contributed by atoms with E-state index in [4.69, 9.17) is 0 Å². The van der Waals surface area contributed by atoms with Crippen molar-refractivity contribution in [3.63, 3.8) is 0 Å². The minimum atomic E-state index is 0.00302. The zero-order valence-corrected chi connectivity index (χ0v) is 11.4. The summed E-state index contributed by atoms with van der Waals surface area (Å²) in [7, 11) is 0. The molecule has 20 heavy (non-hydrogen) atoms. The summed E-state index contributed by atoms with van der Waals surface area (Å²) >= 11 is 0. The molecule has 6 heteroatoms. The van der Waals surface area contributed by atoms with Crippen LogP contribution in [0.5, 0.6) is 0 Å². The normalized spacial score (nSPS) is 15.4. The Morgan fingerprint density at radius 2 is 2.15 bits per heavy atom. The molecule has 0 radical (unpaired) electrons. The first-order valence-corrected chi connectivity index (χ1v) is 6.89. The van der Waals surface area contributed by atoms with Crippen LogP contribution in [0.15, 0.2) is 24.5 Å². The van der Waals surface area contributed by atoms with Crippen LogP contribution < -0.4 is 5.32 Å². The minimum Gasteiger partial charge on any atom is -0.349 e. The summed E-state index contributed by atoms with van der Waals surface area (Å²) in [5.41, 5.74) is 2.54. The second-order valence-electron chi connectivity index (χ2n) is 5.21. The molecule has 1 saturated carbocycles. The molecule has 0 aliphatic heterocycles. The third-order valence-corrected chi connectivity index (χ3v) is 3.75. The smallest absolute Gasteiger partial charge is 0.251 e. The second-order valence-corrected chi connectivity index (χ2v) is 5.21. The number of amides is 1. The number of nitrogens with zero attached hydrogens (tertiary/aromatic N) is 4. The Bertz CT molecular complexity index is 602. The molecule has 104 valence electrons. The van der Waals surface area contributed by atoms with Crippen LogP contribution in [0.25, 0.3) is 5.69 Å². The van der Waals surface area contributed by atoms with Gasteiger partial charge in [0.1, 0.15) is 6.33 Å². The Morgan fingerprint density at radius 3 is 2.80 bits per heavy atom. The number of aromatic nitrogens is 4. The SMILES string of the molecule is Cc1cc(C(=O)NC2CCCC2)ccc1-n1cnnn1. The van der Waals surface area contributed by atoms with E-state index in [0.29, 0.717) is 11.6 Å². The van der Waals surface area contributed by atoms with E-state index in [9.17, 15) is 4.79 Å². The summed E-state index contributed by atoms with van der Waals surface area (Å²) in [4.78, 5) is 12.2. The van der Waals surface area contributed by atoms with Gasteiger partial charge >= 0.3 is 0 Å². The number of nitrogens with one attached hydrogen (secondary N) is 1. The summed E-state index contributed by atoms with van der Waals surface area (Å²) in [6.45, 7) is 1.95. The zero-order chi connectivity index (χ0) is 13.9. The summed E-state index contributed by atoms with van der Waals surface area (Å²) in [6, 6.07) is 5.90. The standard InChI is InChI=1S/C14H17N5O/c1-10-8-11(14(20)16-12-4-2-3-5-12)6-7-13(10)19-9-15-17-18-19/h6-9,12H,2-5H2,1H3,(H,16,20). The molecule has 1 fully saturated rings. The molecular formula is C14H17N5O. The van der Waals surface area contributed by atoms with Crippen LogP contribution in [0.4, 0.5) is 0 Å². The Hall–Kier alpha value is -2.24. The maximum atomic E-state index is 12.2. The average molecular weight is 271 g/mol. The van der Waals surface area contributed by atoms with Crippen LogP contribution in [0.1, 0.15) is 41.6 Å². The molecule has 0 unspecified atom stereocenters. The molecule has 2 aromatic rings. The van der Waals surface area contributed by atoms with Crippen molar-refractivity contribution in [2.75, 3.05) is 0 Å². The second kappa shape index (κ2) is 5.40. The Kier molecular flexibility index (Phi) is 3.45. The summed E-state index contributed by atoms with van der Waals surface area (Å²) < 4.78 is 1.59. The van der Waals surface area contributed by atoms with Gasteiger partial charge < -0.3 is 5.32 Å². The van der Waals surface area contributed by atoms with Gasteiger partial charge in [0.2, 0.25) is 0 Å². The van der Waals surface area contributed by atoms with Crippen molar-refractivity contribution in [1.29, 1.82) is 0 Å². The largest absolute Gasteiger partial charge is 0.349 e. The van der Waals surface area contributed by atoms with Gasteiger partial charge in [-0.2, -0.15) is 0 Å². The van der Waals surface area contributed by atoms with Crippen molar-refractivity contribution in [2.24, 2.45) is 0 Å². The van der Waals surface area contributed by atoms with E-state index in [2.05, 4.69) is 20.8 Å². The third kappa shape index (κ3) is 2.54. The molecule has 3 rings (SSSR count). The van der Waals surface area contributed by atoms with Gasteiger partial charge in [0.25, 0.3) is 5.91 Å². The predicted octanol–water partition coefficient (Wildman–Crippen LogP) is 1.64. The van der Waals surface area contributed by atoms with E-state index in [1.165, 1.54) is 12.8 Å². The predicted molar refractivity (Wildman–Crippen MR) is 73.6 cm³/mol. The Labute approximate surface area is 117 Å². The maximum Gasteiger partial charge on any atom is 0.251 e. The van der Waals surface area contributed by atoms with Gasteiger partial charge in [0.05, 0.1) is 5.69 Å². The quantitative estimate of drug-likeness (QED) is 0.921. The van der Waals surface area contributed by atoms with E-state index in [1.54, 1.807) is 11.0 Å². The molecule has 1 aliphatic carbocycles. The number of benzene rings is 1. The highest BCUT2D eigenvalue weighted by atomic mass is 16.1. The highest BCUT2D eigenvalue weighted by Crippen LogP contribution is 2.19. The molecule has 0 bridgehead atoms. The monoisotopic (exact) mass is 271 g/mol. The van der Waals surface area contributed by atoms with Gasteiger partial charge in [-0.25, -0.2) is 4.68 Å². The number of carbonyl (C=O) groups is 1. The minimum absolute atomic E-state index is 0.00302. The molecule has 1 N–H and O–H groups in total. The van der Waals surface area contributed by atoms with Crippen molar-refractivity contribution in [3.05, 3.63) is 35.7 Å². The number of rotatable bonds is 3. The van der Waals surface area contributed by atoms with Crippen LogP contribution in [0.2, 0.25) is 0 Å². The van der Waals surface area contributed by atoms with Crippen molar-refractivity contribution in [1.82, 2.24) is 25.5 Å². The fraction of sp³-hybridized carbons (Fsp3) is 0.429. The van der Waals surface area contributed by atoms with Gasteiger partial charge in [0.15, 0.2) is 0 Å². The molecule has 6 nitrogen and oxygen atoms in total. The van der Waals surface area contributed by atoms with E-state index in [-0.39, 0.29) is 5.91 Å². The molecular weight excluding hydrogens is 254 g/mol.